The van der Waals surface area contributed by atoms with Crippen LogP contribution in [-0.4, -0.2) is 34.3 Å². The van der Waals surface area contributed by atoms with Crippen LogP contribution in [0.1, 0.15) is 21.8 Å². The Kier molecular flexibility index (Phi) is 5.01. The molecule has 2 aromatic rings. The number of halogens is 1. The Labute approximate surface area is 120 Å². The first kappa shape index (κ1) is 14.7. The summed E-state index contributed by atoms with van der Waals surface area (Å²) in [5.41, 5.74) is 0.319. The Bertz CT molecular complexity index is 675. The highest BCUT2D eigenvalue weighted by Gasteiger charge is 2.11. The summed E-state index contributed by atoms with van der Waals surface area (Å²) in [7, 11) is 0. The number of amides is 1. The van der Waals surface area contributed by atoms with Gasteiger partial charge in [0.25, 0.3) is 5.91 Å². The molecule has 108 valence electrons. The minimum Gasteiger partial charge on any atom is -0.384 e. The summed E-state index contributed by atoms with van der Waals surface area (Å²) in [6, 6.07) is 4.01. The van der Waals surface area contributed by atoms with Crippen LogP contribution in [0.4, 0.5) is 4.39 Å². The van der Waals surface area contributed by atoms with E-state index in [0.29, 0.717) is 17.9 Å². The zero-order chi connectivity index (χ0) is 15.1. The smallest absolute Gasteiger partial charge is 0.254 e. The summed E-state index contributed by atoms with van der Waals surface area (Å²) in [6.45, 7) is -0.0495. The third kappa shape index (κ3) is 4.12. The minimum atomic E-state index is -0.671. The number of nitrogens with zero attached hydrogens (tertiary/aromatic N) is 2. The summed E-state index contributed by atoms with van der Waals surface area (Å²) in [4.78, 5) is 15.6. The molecule has 2 N–H and O–H groups in total. The van der Waals surface area contributed by atoms with Gasteiger partial charge in [0.15, 0.2) is 6.33 Å². The molecule has 0 aliphatic heterocycles. The van der Waals surface area contributed by atoms with Crippen LogP contribution in [0.15, 0.2) is 29.0 Å². The Balaban J connectivity index is 1.95. The highest BCUT2D eigenvalue weighted by atomic mass is 19.1. The van der Waals surface area contributed by atoms with Gasteiger partial charge in [0.1, 0.15) is 12.4 Å². The molecule has 0 fully saturated rings. The van der Waals surface area contributed by atoms with Crippen LogP contribution < -0.4 is 5.32 Å². The van der Waals surface area contributed by atoms with Crippen molar-refractivity contribution in [2.24, 2.45) is 0 Å². The Morgan fingerprint density at radius 3 is 3.00 bits per heavy atom. The van der Waals surface area contributed by atoms with E-state index in [4.69, 9.17) is 9.63 Å². The number of aliphatic hydroxyl groups excluding tert-OH is 1. The molecule has 0 unspecified atom stereocenters. The van der Waals surface area contributed by atoms with E-state index in [1.165, 1.54) is 18.5 Å². The van der Waals surface area contributed by atoms with Gasteiger partial charge in [-0.2, -0.15) is 4.98 Å². The zero-order valence-electron chi connectivity index (χ0n) is 11.0. The van der Waals surface area contributed by atoms with Crippen molar-refractivity contribution in [1.82, 2.24) is 15.5 Å². The summed E-state index contributed by atoms with van der Waals surface area (Å²) in [6.07, 6.45) is 1.64. The second kappa shape index (κ2) is 7.17. The average Bonchev–Trinajstić information content (AvgIpc) is 2.98. The van der Waals surface area contributed by atoms with E-state index in [0.717, 1.165) is 6.07 Å². The number of carbonyl (C=O) groups is 1. The van der Waals surface area contributed by atoms with Gasteiger partial charge in [-0.25, -0.2) is 4.39 Å². The number of carbonyl (C=O) groups excluding carboxylic acids is 1. The molecule has 7 heteroatoms. The molecule has 0 aliphatic rings. The van der Waals surface area contributed by atoms with Crippen LogP contribution >= 0.6 is 0 Å². The van der Waals surface area contributed by atoms with Gasteiger partial charge in [0, 0.05) is 18.5 Å². The van der Waals surface area contributed by atoms with Crippen molar-refractivity contribution in [3.63, 3.8) is 0 Å². The first-order valence-corrected chi connectivity index (χ1v) is 6.13. The average molecular weight is 289 g/mol. The van der Waals surface area contributed by atoms with Gasteiger partial charge in [-0.15, -0.1) is 0 Å². The molecular formula is C14H12FN3O3. The van der Waals surface area contributed by atoms with Gasteiger partial charge in [0.2, 0.25) is 5.89 Å². The second-order valence-corrected chi connectivity index (χ2v) is 4.00. The number of hydrogen-bond donors (Lipinski definition) is 2. The van der Waals surface area contributed by atoms with Crippen LogP contribution in [-0.2, 0) is 6.42 Å². The van der Waals surface area contributed by atoms with Crippen LogP contribution in [0.25, 0.3) is 0 Å². The fourth-order valence-corrected chi connectivity index (χ4v) is 1.60. The fraction of sp³-hybridized carbons (Fsp3) is 0.214. The van der Waals surface area contributed by atoms with Crippen LogP contribution in [0.3, 0.4) is 0 Å². The van der Waals surface area contributed by atoms with E-state index in [2.05, 4.69) is 27.3 Å². The number of hydrogen-bond acceptors (Lipinski definition) is 5. The summed E-state index contributed by atoms with van der Waals surface area (Å²) in [5, 5.41) is 14.6. The molecule has 0 spiro atoms. The molecule has 0 atom stereocenters. The predicted molar refractivity (Wildman–Crippen MR) is 70.7 cm³/mol. The van der Waals surface area contributed by atoms with Gasteiger partial charge in [0.05, 0.1) is 5.56 Å². The van der Waals surface area contributed by atoms with Gasteiger partial charge in [-0.1, -0.05) is 17.0 Å². The Morgan fingerprint density at radius 2 is 2.33 bits per heavy atom. The number of rotatable bonds is 4. The van der Waals surface area contributed by atoms with Crippen LogP contribution in [0, 0.1) is 17.7 Å². The topological polar surface area (TPSA) is 88.3 Å². The molecule has 1 aromatic carbocycles. The fourth-order valence-electron chi connectivity index (χ4n) is 1.60. The van der Waals surface area contributed by atoms with E-state index >= 15 is 0 Å². The lowest BCUT2D eigenvalue weighted by molar-refractivity contribution is 0.0949. The molecule has 21 heavy (non-hydrogen) atoms. The van der Waals surface area contributed by atoms with Crippen molar-refractivity contribution >= 4 is 5.91 Å². The molecule has 0 radical (unpaired) electrons. The van der Waals surface area contributed by atoms with E-state index < -0.39 is 11.7 Å². The number of aliphatic hydroxyl groups is 1. The predicted octanol–water partition coefficient (Wildman–Crippen LogP) is 0.525. The van der Waals surface area contributed by atoms with E-state index in [1.807, 2.05) is 0 Å². The molecule has 0 saturated carbocycles. The van der Waals surface area contributed by atoms with Gasteiger partial charge < -0.3 is 14.9 Å². The number of aromatic nitrogens is 2. The molecule has 0 saturated heterocycles. The lowest BCUT2D eigenvalue weighted by Crippen LogP contribution is -2.26. The SMILES string of the molecule is O=C(NCCc1ncno1)c1ccc(C#CCO)cc1F. The lowest BCUT2D eigenvalue weighted by Gasteiger charge is -2.05. The largest absolute Gasteiger partial charge is 0.384 e. The maximum Gasteiger partial charge on any atom is 0.254 e. The highest BCUT2D eigenvalue weighted by molar-refractivity contribution is 5.94. The maximum atomic E-state index is 13.8. The molecule has 1 heterocycles. The van der Waals surface area contributed by atoms with Crippen LogP contribution in [0.5, 0.6) is 0 Å². The molecule has 0 bridgehead atoms. The van der Waals surface area contributed by atoms with Crippen molar-refractivity contribution < 1.29 is 18.8 Å². The van der Waals surface area contributed by atoms with E-state index in [1.54, 1.807) is 0 Å². The summed E-state index contributed by atoms with van der Waals surface area (Å²) >= 11 is 0. The normalized spacial score (nSPS) is 9.81. The Hall–Kier alpha value is -2.72. The summed E-state index contributed by atoms with van der Waals surface area (Å²) in [5.74, 6) is 4.16. The monoisotopic (exact) mass is 289 g/mol. The third-order valence-corrected chi connectivity index (χ3v) is 2.56. The first-order chi connectivity index (χ1) is 10.2. The van der Waals surface area contributed by atoms with Crippen molar-refractivity contribution in [2.75, 3.05) is 13.2 Å². The zero-order valence-corrected chi connectivity index (χ0v) is 11.0. The van der Waals surface area contributed by atoms with Gasteiger partial charge >= 0.3 is 0 Å². The van der Waals surface area contributed by atoms with Gasteiger partial charge in [-0.05, 0) is 18.2 Å². The molecule has 6 nitrogen and oxygen atoms in total. The summed E-state index contributed by atoms with van der Waals surface area (Å²) < 4.78 is 18.6. The molecular weight excluding hydrogens is 277 g/mol. The quantitative estimate of drug-likeness (QED) is 0.801. The van der Waals surface area contributed by atoms with Crippen LogP contribution in [0.2, 0.25) is 0 Å². The van der Waals surface area contributed by atoms with E-state index in [-0.39, 0.29) is 18.7 Å². The minimum absolute atomic E-state index is 0.0740. The standard InChI is InChI=1S/C14H12FN3O3/c15-12-8-10(2-1-7-19)3-4-11(12)14(20)16-6-5-13-17-9-18-21-13/h3-4,8-9,19H,5-7H2,(H,16,20). The van der Waals surface area contributed by atoms with Crippen molar-refractivity contribution in [1.29, 1.82) is 0 Å². The third-order valence-electron chi connectivity index (χ3n) is 2.56. The maximum absolute atomic E-state index is 13.8. The highest BCUT2D eigenvalue weighted by Crippen LogP contribution is 2.10. The number of nitrogens with one attached hydrogen (secondary N) is 1. The lowest BCUT2D eigenvalue weighted by atomic mass is 10.1. The van der Waals surface area contributed by atoms with Crippen molar-refractivity contribution in [3.8, 4) is 11.8 Å². The van der Waals surface area contributed by atoms with E-state index in [9.17, 15) is 9.18 Å². The molecule has 2 rings (SSSR count). The molecule has 1 aromatic heterocycles. The first-order valence-electron chi connectivity index (χ1n) is 6.13. The molecule has 0 aliphatic carbocycles. The Morgan fingerprint density at radius 1 is 1.48 bits per heavy atom. The van der Waals surface area contributed by atoms with Crippen molar-refractivity contribution in [2.45, 2.75) is 6.42 Å². The van der Waals surface area contributed by atoms with Crippen molar-refractivity contribution in [3.05, 3.63) is 47.4 Å². The molecule has 1 amide bonds. The second-order valence-electron chi connectivity index (χ2n) is 4.00. The number of benzene rings is 1. The van der Waals surface area contributed by atoms with Gasteiger partial charge in [-0.3, -0.25) is 4.79 Å².